The summed E-state index contributed by atoms with van der Waals surface area (Å²) in [5.74, 6) is 0.898. The van der Waals surface area contributed by atoms with Gasteiger partial charge in [-0.25, -0.2) is 4.98 Å². The van der Waals surface area contributed by atoms with Gasteiger partial charge in [-0.1, -0.05) is 12.1 Å². The molecule has 0 unspecified atom stereocenters. The summed E-state index contributed by atoms with van der Waals surface area (Å²) in [5.41, 5.74) is 4.00. The van der Waals surface area contributed by atoms with Crippen LogP contribution in [0.5, 0.6) is 5.75 Å². The SMILES string of the molecule is Cc1ncsc1CNc1ccccc1OC(C)C. The number of nitrogens with zero attached hydrogens (tertiary/aromatic N) is 1. The Balaban J connectivity index is 2.07. The zero-order chi connectivity index (χ0) is 13.0. The first-order valence-corrected chi connectivity index (χ1v) is 6.93. The minimum atomic E-state index is 0.179. The molecule has 0 spiro atoms. The van der Waals surface area contributed by atoms with E-state index in [0.717, 1.165) is 23.7 Å². The van der Waals surface area contributed by atoms with Crippen LogP contribution in [0.25, 0.3) is 0 Å². The number of benzene rings is 1. The molecule has 0 atom stereocenters. The van der Waals surface area contributed by atoms with Crippen LogP contribution >= 0.6 is 11.3 Å². The standard InChI is InChI=1S/C14H18N2OS/c1-10(2)17-13-7-5-4-6-12(13)15-8-14-11(3)16-9-18-14/h4-7,9-10,15H,8H2,1-3H3. The van der Waals surface area contributed by atoms with Crippen LogP contribution in [0.15, 0.2) is 29.8 Å². The minimum Gasteiger partial charge on any atom is -0.489 e. The monoisotopic (exact) mass is 262 g/mol. The maximum atomic E-state index is 5.77. The molecule has 96 valence electrons. The molecule has 0 saturated heterocycles. The van der Waals surface area contributed by atoms with Crippen molar-refractivity contribution in [3.8, 4) is 5.75 Å². The lowest BCUT2D eigenvalue weighted by molar-refractivity contribution is 0.243. The highest BCUT2D eigenvalue weighted by Gasteiger charge is 2.06. The van der Waals surface area contributed by atoms with E-state index in [2.05, 4.69) is 10.3 Å². The molecule has 2 aromatic rings. The Hall–Kier alpha value is -1.55. The molecule has 4 heteroatoms. The molecule has 1 aromatic heterocycles. The third-order valence-corrected chi connectivity index (χ3v) is 3.47. The fourth-order valence-corrected chi connectivity index (χ4v) is 2.36. The Labute approximate surface area is 112 Å². The number of hydrogen-bond donors (Lipinski definition) is 1. The van der Waals surface area contributed by atoms with Crippen molar-refractivity contribution in [3.05, 3.63) is 40.3 Å². The summed E-state index contributed by atoms with van der Waals surface area (Å²) in [6.45, 7) is 6.88. The fourth-order valence-electron chi connectivity index (χ4n) is 1.64. The van der Waals surface area contributed by atoms with E-state index in [1.54, 1.807) is 11.3 Å². The van der Waals surface area contributed by atoms with Crippen LogP contribution in [0.4, 0.5) is 5.69 Å². The van der Waals surface area contributed by atoms with E-state index in [0.29, 0.717) is 0 Å². The first-order valence-electron chi connectivity index (χ1n) is 6.05. The van der Waals surface area contributed by atoms with Crippen molar-refractivity contribution in [2.24, 2.45) is 0 Å². The lowest BCUT2D eigenvalue weighted by Crippen LogP contribution is -2.08. The van der Waals surface area contributed by atoms with Crippen molar-refractivity contribution >= 4 is 17.0 Å². The molecule has 0 radical (unpaired) electrons. The van der Waals surface area contributed by atoms with Gasteiger partial charge in [0.1, 0.15) is 5.75 Å². The summed E-state index contributed by atoms with van der Waals surface area (Å²) >= 11 is 1.67. The maximum Gasteiger partial charge on any atom is 0.142 e. The van der Waals surface area contributed by atoms with Gasteiger partial charge in [0.15, 0.2) is 0 Å². The molecule has 2 rings (SSSR count). The van der Waals surface area contributed by atoms with Gasteiger partial charge in [0.25, 0.3) is 0 Å². The molecule has 0 saturated carbocycles. The molecule has 3 nitrogen and oxygen atoms in total. The van der Waals surface area contributed by atoms with Gasteiger partial charge in [-0.15, -0.1) is 11.3 Å². The van der Waals surface area contributed by atoms with E-state index < -0.39 is 0 Å². The predicted octanol–water partition coefficient (Wildman–Crippen LogP) is 3.85. The Morgan fingerprint density at radius 2 is 2.11 bits per heavy atom. The number of rotatable bonds is 5. The highest BCUT2D eigenvalue weighted by Crippen LogP contribution is 2.26. The number of aromatic nitrogens is 1. The molecule has 0 amide bonds. The van der Waals surface area contributed by atoms with E-state index in [1.165, 1.54) is 4.88 Å². The summed E-state index contributed by atoms with van der Waals surface area (Å²) in [6, 6.07) is 8.02. The number of hydrogen-bond acceptors (Lipinski definition) is 4. The third-order valence-electron chi connectivity index (χ3n) is 2.53. The molecule has 0 fully saturated rings. The summed E-state index contributed by atoms with van der Waals surface area (Å²) in [7, 11) is 0. The van der Waals surface area contributed by atoms with Crippen molar-refractivity contribution < 1.29 is 4.74 Å². The van der Waals surface area contributed by atoms with Gasteiger partial charge in [0, 0.05) is 4.88 Å². The summed E-state index contributed by atoms with van der Waals surface area (Å²) in [4.78, 5) is 5.51. The maximum absolute atomic E-state index is 5.77. The van der Waals surface area contributed by atoms with Gasteiger partial charge in [-0.2, -0.15) is 0 Å². The van der Waals surface area contributed by atoms with Crippen molar-refractivity contribution in [2.45, 2.75) is 33.4 Å². The fraction of sp³-hybridized carbons (Fsp3) is 0.357. The Bertz CT molecular complexity index is 508. The normalized spacial score (nSPS) is 10.7. The minimum absolute atomic E-state index is 0.179. The van der Waals surface area contributed by atoms with E-state index in [1.807, 2.05) is 50.5 Å². The van der Waals surface area contributed by atoms with Crippen LogP contribution in [-0.2, 0) is 6.54 Å². The van der Waals surface area contributed by atoms with Crippen LogP contribution in [0, 0.1) is 6.92 Å². The highest BCUT2D eigenvalue weighted by molar-refractivity contribution is 7.09. The molecule has 18 heavy (non-hydrogen) atoms. The van der Waals surface area contributed by atoms with E-state index in [4.69, 9.17) is 4.74 Å². The number of anilines is 1. The van der Waals surface area contributed by atoms with Crippen molar-refractivity contribution in [3.63, 3.8) is 0 Å². The molecule has 0 aliphatic carbocycles. The van der Waals surface area contributed by atoms with Crippen LogP contribution in [0.1, 0.15) is 24.4 Å². The Morgan fingerprint density at radius 1 is 1.33 bits per heavy atom. The van der Waals surface area contributed by atoms with E-state index in [9.17, 15) is 0 Å². The number of ether oxygens (including phenoxy) is 1. The second-order valence-electron chi connectivity index (χ2n) is 4.38. The third kappa shape index (κ3) is 3.23. The first kappa shape index (κ1) is 12.9. The smallest absolute Gasteiger partial charge is 0.142 e. The van der Waals surface area contributed by atoms with Gasteiger partial charge in [-0.3, -0.25) is 0 Å². The largest absolute Gasteiger partial charge is 0.489 e. The van der Waals surface area contributed by atoms with E-state index in [-0.39, 0.29) is 6.10 Å². The van der Waals surface area contributed by atoms with Crippen molar-refractivity contribution in [2.75, 3.05) is 5.32 Å². The highest BCUT2D eigenvalue weighted by atomic mass is 32.1. The van der Waals surface area contributed by atoms with Gasteiger partial charge in [-0.05, 0) is 32.9 Å². The molecular formula is C14H18N2OS. The second kappa shape index (κ2) is 5.87. The van der Waals surface area contributed by atoms with Crippen LogP contribution in [-0.4, -0.2) is 11.1 Å². The molecule has 0 aliphatic heterocycles. The van der Waals surface area contributed by atoms with E-state index >= 15 is 0 Å². The van der Waals surface area contributed by atoms with Gasteiger partial charge >= 0.3 is 0 Å². The Kier molecular flexibility index (Phi) is 4.20. The molecule has 1 aromatic carbocycles. The first-order chi connectivity index (χ1) is 8.66. The molecular weight excluding hydrogens is 244 g/mol. The summed E-state index contributed by atoms with van der Waals surface area (Å²) in [5, 5.41) is 3.41. The zero-order valence-corrected chi connectivity index (χ0v) is 11.8. The zero-order valence-electron chi connectivity index (χ0n) is 10.9. The van der Waals surface area contributed by atoms with Crippen molar-refractivity contribution in [1.29, 1.82) is 0 Å². The average Bonchev–Trinajstić information content (AvgIpc) is 2.73. The number of para-hydroxylation sites is 2. The average molecular weight is 262 g/mol. The number of nitrogens with one attached hydrogen (secondary N) is 1. The van der Waals surface area contributed by atoms with Crippen molar-refractivity contribution in [1.82, 2.24) is 4.98 Å². The van der Waals surface area contributed by atoms with Crippen LogP contribution in [0.3, 0.4) is 0 Å². The topological polar surface area (TPSA) is 34.2 Å². The van der Waals surface area contributed by atoms with Gasteiger partial charge < -0.3 is 10.1 Å². The number of aryl methyl sites for hydroxylation is 1. The lowest BCUT2D eigenvalue weighted by Gasteiger charge is -2.15. The quantitative estimate of drug-likeness (QED) is 0.888. The number of thiazole rings is 1. The molecule has 0 aliphatic rings. The lowest BCUT2D eigenvalue weighted by atomic mass is 10.2. The molecule has 1 heterocycles. The van der Waals surface area contributed by atoms with Crippen LogP contribution < -0.4 is 10.1 Å². The Morgan fingerprint density at radius 3 is 2.78 bits per heavy atom. The predicted molar refractivity (Wildman–Crippen MR) is 76.4 cm³/mol. The second-order valence-corrected chi connectivity index (χ2v) is 5.32. The van der Waals surface area contributed by atoms with Gasteiger partial charge in [0.05, 0.1) is 29.5 Å². The summed E-state index contributed by atoms with van der Waals surface area (Å²) < 4.78 is 5.77. The molecule has 1 N–H and O–H groups in total. The molecule has 0 bridgehead atoms. The van der Waals surface area contributed by atoms with Gasteiger partial charge in [0.2, 0.25) is 0 Å². The summed E-state index contributed by atoms with van der Waals surface area (Å²) in [6.07, 6.45) is 0.179. The van der Waals surface area contributed by atoms with Crippen LogP contribution in [0.2, 0.25) is 0 Å².